The Hall–Kier alpha value is -2.69. The number of piperidine rings is 1. The van der Waals surface area contributed by atoms with Gasteiger partial charge in [-0.3, -0.25) is 5.14 Å². The fraction of sp³-hybridized carbons (Fsp3) is 0.483. The quantitative estimate of drug-likeness (QED) is 0.373. The first-order valence-electron chi connectivity index (χ1n) is 13.7. The molecule has 6 N–H and O–H groups in total. The van der Waals surface area contributed by atoms with E-state index in [4.69, 9.17) is 26.6 Å². The average Bonchev–Trinajstić information content (AvgIpc) is 3.70. The molecule has 2 fully saturated rings. The van der Waals surface area contributed by atoms with Crippen molar-refractivity contribution in [1.82, 2.24) is 15.0 Å². The van der Waals surface area contributed by atoms with Crippen molar-refractivity contribution in [2.24, 2.45) is 10.6 Å². The van der Waals surface area contributed by atoms with Crippen LogP contribution in [0.3, 0.4) is 0 Å². The van der Waals surface area contributed by atoms with E-state index in [0.29, 0.717) is 28.5 Å². The van der Waals surface area contributed by atoms with Crippen LogP contribution in [0.15, 0.2) is 52.6 Å². The maximum Gasteiger partial charge on any atom is 0.158 e. The number of rotatable bonds is 7. The highest BCUT2D eigenvalue weighted by Gasteiger charge is 2.49. The molecule has 3 heterocycles. The zero-order valence-electron chi connectivity index (χ0n) is 22.6. The van der Waals surface area contributed by atoms with Gasteiger partial charge in [-0.05, 0) is 86.8 Å². The summed E-state index contributed by atoms with van der Waals surface area (Å²) in [5.41, 5.74) is 16.7. The Morgan fingerprint density at radius 2 is 1.85 bits per heavy atom. The van der Waals surface area contributed by atoms with Gasteiger partial charge in [-0.15, -0.1) is 0 Å². The number of nitrogens with zero attached hydrogens (tertiary/aromatic N) is 4. The number of benzene rings is 1. The molecular formula is C29H37N7OS2. The van der Waals surface area contributed by atoms with E-state index in [1.807, 2.05) is 26.1 Å². The van der Waals surface area contributed by atoms with Crippen LogP contribution in [-0.4, -0.2) is 37.0 Å². The van der Waals surface area contributed by atoms with Crippen molar-refractivity contribution in [3.63, 3.8) is 0 Å². The number of hydrogen-bond acceptors (Lipinski definition) is 8. The molecule has 1 spiro atoms. The molecule has 1 aromatic carbocycles. The molecule has 0 amide bonds. The van der Waals surface area contributed by atoms with Crippen LogP contribution in [0, 0.1) is 5.41 Å². The van der Waals surface area contributed by atoms with Gasteiger partial charge in [0.15, 0.2) is 5.82 Å². The van der Waals surface area contributed by atoms with Gasteiger partial charge in [0.25, 0.3) is 0 Å². The number of fused-ring (bicyclic) bond motifs is 1. The van der Waals surface area contributed by atoms with Crippen LogP contribution in [0.4, 0.5) is 17.5 Å². The zero-order chi connectivity index (χ0) is 27.4. The number of nitrogens with two attached hydrogens (primary N) is 3. The first-order valence-corrected chi connectivity index (χ1v) is 15.7. The molecule has 39 heavy (non-hydrogen) atoms. The minimum atomic E-state index is -1.38. The van der Waals surface area contributed by atoms with Crippen molar-refractivity contribution in [2.45, 2.75) is 78.9 Å². The average molecular weight is 564 g/mol. The Labute approximate surface area is 237 Å². The van der Waals surface area contributed by atoms with Crippen molar-refractivity contribution in [3.8, 4) is 0 Å². The van der Waals surface area contributed by atoms with E-state index in [-0.39, 0.29) is 5.41 Å². The summed E-state index contributed by atoms with van der Waals surface area (Å²) >= 11 is 1.52. The van der Waals surface area contributed by atoms with Gasteiger partial charge >= 0.3 is 0 Å². The summed E-state index contributed by atoms with van der Waals surface area (Å²) in [6.07, 6.45) is 9.80. The van der Waals surface area contributed by atoms with Gasteiger partial charge in [-0.2, -0.15) is 0 Å². The zero-order valence-corrected chi connectivity index (χ0v) is 24.2. The summed E-state index contributed by atoms with van der Waals surface area (Å²) in [5, 5.41) is 6.62. The molecule has 10 heteroatoms. The maximum atomic E-state index is 12.4. The SMILES string of the molecule is CC(C)(C[C@@H]1c2ccccc2CC12CCN(c1cnc(Sc3ccnc(N)c3C3CC3)c(N)n1)CC2)S(N)=O. The molecule has 6 rings (SSSR count). The van der Waals surface area contributed by atoms with Crippen LogP contribution in [0.2, 0.25) is 0 Å². The normalized spacial score (nSPS) is 21.2. The van der Waals surface area contributed by atoms with E-state index in [2.05, 4.69) is 34.1 Å². The largest absolute Gasteiger partial charge is 0.383 e. The number of pyridine rings is 1. The second-order valence-electron chi connectivity index (χ2n) is 11.9. The van der Waals surface area contributed by atoms with E-state index < -0.39 is 15.7 Å². The number of aromatic nitrogens is 3. The van der Waals surface area contributed by atoms with E-state index in [0.717, 1.165) is 67.9 Å². The first kappa shape index (κ1) is 26.5. The monoisotopic (exact) mass is 563 g/mol. The molecule has 2 atom stereocenters. The van der Waals surface area contributed by atoms with Crippen molar-refractivity contribution in [2.75, 3.05) is 29.5 Å². The summed E-state index contributed by atoms with van der Waals surface area (Å²) < 4.78 is 11.9. The summed E-state index contributed by atoms with van der Waals surface area (Å²) in [4.78, 5) is 17.2. The molecule has 3 aliphatic rings. The second-order valence-corrected chi connectivity index (χ2v) is 14.7. The molecule has 0 radical (unpaired) electrons. The smallest absolute Gasteiger partial charge is 0.158 e. The third-order valence-electron chi connectivity index (χ3n) is 8.96. The first-order chi connectivity index (χ1) is 18.7. The van der Waals surface area contributed by atoms with E-state index in [1.165, 1.54) is 22.9 Å². The Bertz CT molecular complexity index is 1420. The lowest BCUT2D eigenvalue weighted by Crippen LogP contribution is -2.45. The molecule has 2 aromatic heterocycles. The molecule has 1 unspecified atom stereocenters. The lowest BCUT2D eigenvalue weighted by Gasteiger charge is -2.45. The van der Waals surface area contributed by atoms with Gasteiger partial charge in [-0.1, -0.05) is 36.0 Å². The summed E-state index contributed by atoms with van der Waals surface area (Å²) in [6.45, 7) is 5.81. The lowest BCUT2D eigenvalue weighted by molar-refractivity contribution is 0.170. The van der Waals surface area contributed by atoms with Gasteiger partial charge in [0.1, 0.15) is 16.7 Å². The highest BCUT2D eigenvalue weighted by Crippen LogP contribution is 2.56. The highest BCUT2D eigenvalue weighted by molar-refractivity contribution is 7.99. The standard InChI is InChI=1S/C29H37N7OS2/c1-28(2,39(32)37)16-21-20-6-4-3-5-19(20)15-29(21)10-13-36(14-11-29)23-17-34-27(26(31)35-23)38-22-9-12-33-25(30)24(22)18-7-8-18/h3-6,9,12,17-18,21H,7-8,10-11,13-16,32H2,1-2H3,(H2,30,33)(H2,31,35)/t21-,39?/m1/s1. The van der Waals surface area contributed by atoms with Crippen LogP contribution in [0.1, 0.15) is 74.5 Å². The van der Waals surface area contributed by atoms with Crippen molar-refractivity contribution in [3.05, 3.63) is 59.4 Å². The summed E-state index contributed by atoms with van der Waals surface area (Å²) in [5.74, 6) is 2.67. The molecular weight excluding hydrogens is 527 g/mol. The molecule has 8 nitrogen and oxygen atoms in total. The predicted octanol–water partition coefficient (Wildman–Crippen LogP) is 4.78. The Kier molecular flexibility index (Phi) is 6.84. The molecule has 1 aliphatic heterocycles. The van der Waals surface area contributed by atoms with Crippen LogP contribution >= 0.6 is 11.8 Å². The summed E-state index contributed by atoms with van der Waals surface area (Å²) in [7, 11) is -1.38. The van der Waals surface area contributed by atoms with Gasteiger partial charge in [0.05, 0.1) is 21.9 Å². The Morgan fingerprint density at radius 3 is 2.54 bits per heavy atom. The third kappa shape index (κ3) is 5.02. The predicted molar refractivity (Wildman–Crippen MR) is 159 cm³/mol. The Morgan fingerprint density at radius 1 is 1.10 bits per heavy atom. The van der Waals surface area contributed by atoms with Gasteiger partial charge < -0.3 is 16.4 Å². The van der Waals surface area contributed by atoms with Gasteiger partial charge in [-0.25, -0.2) is 19.2 Å². The minimum Gasteiger partial charge on any atom is -0.383 e. The maximum absolute atomic E-state index is 12.4. The fourth-order valence-corrected chi connectivity index (χ4v) is 7.84. The lowest BCUT2D eigenvalue weighted by atomic mass is 9.67. The van der Waals surface area contributed by atoms with Crippen LogP contribution in [0.5, 0.6) is 0 Å². The number of hydrogen-bond donors (Lipinski definition) is 3. The Balaban J connectivity index is 1.19. The number of anilines is 3. The van der Waals surface area contributed by atoms with E-state index in [9.17, 15) is 4.21 Å². The van der Waals surface area contributed by atoms with Crippen molar-refractivity contribution < 1.29 is 4.21 Å². The topological polar surface area (TPSA) is 137 Å². The van der Waals surface area contributed by atoms with Crippen LogP contribution < -0.4 is 21.5 Å². The van der Waals surface area contributed by atoms with Crippen LogP contribution in [0.25, 0.3) is 0 Å². The van der Waals surface area contributed by atoms with E-state index >= 15 is 0 Å². The van der Waals surface area contributed by atoms with E-state index in [1.54, 1.807) is 6.20 Å². The number of nitrogen functional groups attached to an aromatic ring is 2. The molecule has 1 saturated heterocycles. The second kappa shape index (κ2) is 10.1. The van der Waals surface area contributed by atoms with Gasteiger partial charge in [0, 0.05) is 29.7 Å². The minimum absolute atomic E-state index is 0.131. The van der Waals surface area contributed by atoms with Crippen molar-refractivity contribution >= 4 is 40.2 Å². The molecule has 0 bridgehead atoms. The molecule has 2 aliphatic carbocycles. The third-order valence-corrected chi connectivity index (χ3v) is 11.3. The molecule has 206 valence electrons. The van der Waals surface area contributed by atoms with Crippen molar-refractivity contribution in [1.29, 1.82) is 0 Å². The highest BCUT2D eigenvalue weighted by atomic mass is 32.2. The van der Waals surface area contributed by atoms with Crippen LogP contribution in [-0.2, 0) is 17.4 Å². The van der Waals surface area contributed by atoms with Gasteiger partial charge in [0.2, 0.25) is 0 Å². The molecule has 3 aromatic rings. The molecule has 1 saturated carbocycles. The summed E-state index contributed by atoms with van der Waals surface area (Å²) in [6, 6.07) is 10.7. The fourth-order valence-electron chi connectivity index (χ4n) is 6.53.